The number of hydrogen-bond donors (Lipinski definition) is 1. The number of nitrogens with one attached hydrogen (secondary N) is 1. The van der Waals surface area contributed by atoms with Crippen LogP contribution < -0.4 is 11.2 Å². The van der Waals surface area contributed by atoms with Gasteiger partial charge in [-0.1, -0.05) is 0 Å². The van der Waals surface area contributed by atoms with Crippen LogP contribution in [0.2, 0.25) is 0 Å². The van der Waals surface area contributed by atoms with Gasteiger partial charge in [0.1, 0.15) is 5.41 Å². The zero-order chi connectivity index (χ0) is 14.8. The Labute approximate surface area is 116 Å². The first-order chi connectivity index (χ1) is 8.70. The Kier molecular flexibility index (Phi) is 4.46. The van der Waals surface area contributed by atoms with Crippen LogP contribution in [0.1, 0.15) is 13.8 Å². The number of aromatic nitrogens is 2. The first-order valence-corrected chi connectivity index (χ1v) is 6.10. The van der Waals surface area contributed by atoms with E-state index in [-0.39, 0.29) is 11.0 Å². The summed E-state index contributed by atoms with van der Waals surface area (Å²) < 4.78 is 5.67. The predicted octanol–water partition coefficient (Wildman–Crippen LogP) is 0.0674. The molecule has 0 saturated carbocycles. The molecule has 0 saturated heterocycles. The first-order valence-electron chi connectivity index (χ1n) is 5.31. The summed E-state index contributed by atoms with van der Waals surface area (Å²) in [6, 6.07) is 0. The Morgan fingerprint density at radius 3 is 2.53 bits per heavy atom. The minimum absolute atomic E-state index is 0.121. The molecule has 0 atom stereocenters. The number of carbonyl (C=O) groups is 2. The molecule has 7 nitrogen and oxygen atoms in total. The van der Waals surface area contributed by atoms with Gasteiger partial charge in [-0.25, -0.2) is 4.79 Å². The molecule has 0 bridgehead atoms. The Balaban J connectivity index is 3.08. The number of ether oxygens (including phenoxy) is 1. The average molecular weight is 333 g/mol. The molecule has 0 aliphatic rings. The zero-order valence-corrected chi connectivity index (χ0v) is 12.2. The average Bonchev–Trinajstić information content (AvgIpc) is 2.34. The molecular weight excluding hydrogens is 320 g/mol. The standard InChI is InChI=1S/C11H13BrN2O5/c1-11(2,9(17)19-3)7(15)5-14-4-6(12)8(16)13-10(14)18/h4H,5H2,1-3H3,(H,13,16,18). The molecule has 0 aliphatic carbocycles. The van der Waals surface area contributed by atoms with Gasteiger partial charge in [0.25, 0.3) is 5.56 Å². The van der Waals surface area contributed by atoms with Crippen LogP contribution in [0.5, 0.6) is 0 Å². The highest BCUT2D eigenvalue weighted by Gasteiger charge is 2.36. The first kappa shape index (κ1) is 15.4. The van der Waals surface area contributed by atoms with E-state index in [0.717, 1.165) is 4.57 Å². The van der Waals surface area contributed by atoms with Gasteiger partial charge in [0.05, 0.1) is 18.1 Å². The highest BCUT2D eigenvalue weighted by atomic mass is 79.9. The Morgan fingerprint density at radius 2 is 2.00 bits per heavy atom. The van der Waals surface area contributed by atoms with E-state index in [1.807, 2.05) is 4.98 Å². The third-order valence-electron chi connectivity index (χ3n) is 2.67. The summed E-state index contributed by atoms with van der Waals surface area (Å²) >= 11 is 2.96. The fourth-order valence-electron chi connectivity index (χ4n) is 1.32. The van der Waals surface area contributed by atoms with Gasteiger partial charge < -0.3 is 4.74 Å². The minimum atomic E-state index is -1.36. The second-order valence-electron chi connectivity index (χ2n) is 4.40. The van der Waals surface area contributed by atoms with Crippen molar-refractivity contribution in [1.82, 2.24) is 9.55 Å². The fourth-order valence-corrected chi connectivity index (χ4v) is 1.67. The number of methoxy groups -OCH3 is 1. The maximum Gasteiger partial charge on any atom is 0.328 e. The van der Waals surface area contributed by atoms with Gasteiger partial charge in [0.2, 0.25) is 0 Å². The van der Waals surface area contributed by atoms with E-state index in [9.17, 15) is 19.2 Å². The second kappa shape index (κ2) is 5.52. The molecule has 1 aromatic heterocycles. The number of esters is 1. The number of H-pyrrole nitrogens is 1. The van der Waals surface area contributed by atoms with Crippen molar-refractivity contribution in [2.24, 2.45) is 5.41 Å². The van der Waals surface area contributed by atoms with Crippen molar-refractivity contribution in [1.29, 1.82) is 0 Å². The van der Waals surface area contributed by atoms with Crippen LogP contribution in [0.25, 0.3) is 0 Å². The van der Waals surface area contributed by atoms with E-state index < -0.39 is 28.4 Å². The molecule has 0 radical (unpaired) electrons. The van der Waals surface area contributed by atoms with E-state index in [1.54, 1.807) is 0 Å². The molecule has 104 valence electrons. The maximum atomic E-state index is 12.0. The van der Waals surface area contributed by atoms with Crippen molar-refractivity contribution in [2.45, 2.75) is 20.4 Å². The number of halogens is 1. The lowest BCUT2D eigenvalue weighted by molar-refractivity contribution is -0.155. The third kappa shape index (κ3) is 3.19. The second-order valence-corrected chi connectivity index (χ2v) is 5.26. The van der Waals surface area contributed by atoms with Crippen molar-refractivity contribution in [3.63, 3.8) is 0 Å². The van der Waals surface area contributed by atoms with Crippen molar-refractivity contribution in [2.75, 3.05) is 7.11 Å². The van der Waals surface area contributed by atoms with Gasteiger partial charge in [-0.3, -0.25) is 23.9 Å². The van der Waals surface area contributed by atoms with E-state index in [2.05, 4.69) is 20.7 Å². The number of ketones is 1. The van der Waals surface area contributed by atoms with Crippen molar-refractivity contribution >= 4 is 27.7 Å². The molecule has 0 amide bonds. The quantitative estimate of drug-likeness (QED) is 0.621. The smallest absolute Gasteiger partial charge is 0.328 e. The monoisotopic (exact) mass is 332 g/mol. The number of Topliss-reactive ketones (excluding diaryl/α,β-unsaturated/α-hetero) is 1. The van der Waals surface area contributed by atoms with Crippen LogP contribution >= 0.6 is 15.9 Å². The largest absolute Gasteiger partial charge is 0.468 e. The lowest BCUT2D eigenvalue weighted by Gasteiger charge is -2.20. The van der Waals surface area contributed by atoms with Crippen LogP contribution in [0.15, 0.2) is 20.3 Å². The van der Waals surface area contributed by atoms with Crippen LogP contribution in [0.4, 0.5) is 0 Å². The Morgan fingerprint density at radius 1 is 1.42 bits per heavy atom. The predicted molar refractivity (Wildman–Crippen MR) is 69.8 cm³/mol. The molecule has 1 aromatic rings. The van der Waals surface area contributed by atoms with E-state index in [0.29, 0.717) is 0 Å². The van der Waals surface area contributed by atoms with Crippen LogP contribution in [-0.2, 0) is 20.9 Å². The Bertz CT molecular complexity index is 629. The summed E-state index contributed by atoms with van der Waals surface area (Å²) in [6.07, 6.45) is 1.20. The highest BCUT2D eigenvalue weighted by molar-refractivity contribution is 9.10. The zero-order valence-electron chi connectivity index (χ0n) is 10.7. The SMILES string of the molecule is COC(=O)C(C)(C)C(=O)Cn1cc(Br)c(=O)[nH]c1=O. The molecule has 1 rings (SSSR count). The van der Waals surface area contributed by atoms with Gasteiger partial charge in [0.15, 0.2) is 5.78 Å². The number of rotatable bonds is 4. The molecule has 0 spiro atoms. The summed E-state index contributed by atoms with van der Waals surface area (Å²) in [6.45, 7) is 2.48. The lowest BCUT2D eigenvalue weighted by atomic mass is 9.88. The topological polar surface area (TPSA) is 98.2 Å². The summed E-state index contributed by atoms with van der Waals surface area (Å²) in [7, 11) is 1.18. The summed E-state index contributed by atoms with van der Waals surface area (Å²) in [5.41, 5.74) is -2.67. The number of nitrogens with zero attached hydrogens (tertiary/aromatic N) is 1. The van der Waals surface area contributed by atoms with Gasteiger partial charge >= 0.3 is 11.7 Å². The molecular formula is C11H13BrN2O5. The summed E-state index contributed by atoms with van der Waals surface area (Å²) in [4.78, 5) is 48.2. The van der Waals surface area contributed by atoms with E-state index in [4.69, 9.17) is 0 Å². The van der Waals surface area contributed by atoms with Crippen molar-refractivity contribution in [3.8, 4) is 0 Å². The van der Waals surface area contributed by atoms with Gasteiger partial charge in [-0.05, 0) is 29.8 Å². The molecule has 0 fully saturated rings. The van der Waals surface area contributed by atoms with Gasteiger partial charge in [-0.2, -0.15) is 0 Å². The van der Waals surface area contributed by atoms with E-state index >= 15 is 0 Å². The fraction of sp³-hybridized carbons (Fsp3) is 0.455. The number of aromatic amines is 1. The number of hydrogen-bond acceptors (Lipinski definition) is 5. The van der Waals surface area contributed by atoms with Crippen LogP contribution in [0, 0.1) is 5.41 Å². The van der Waals surface area contributed by atoms with Crippen molar-refractivity contribution < 1.29 is 14.3 Å². The molecule has 8 heteroatoms. The highest BCUT2D eigenvalue weighted by Crippen LogP contribution is 2.19. The van der Waals surface area contributed by atoms with Gasteiger partial charge in [0, 0.05) is 6.20 Å². The van der Waals surface area contributed by atoms with Gasteiger partial charge in [-0.15, -0.1) is 0 Å². The molecule has 0 unspecified atom stereocenters. The molecule has 1 N–H and O–H groups in total. The van der Waals surface area contributed by atoms with E-state index in [1.165, 1.54) is 27.2 Å². The molecule has 0 aliphatic heterocycles. The molecule has 1 heterocycles. The van der Waals surface area contributed by atoms with Crippen molar-refractivity contribution in [3.05, 3.63) is 31.5 Å². The van der Waals surface area contributed by atoms with Crippen LogP contribution in [-0.4, -0.2) is 28.4 Å². The maximum absolute atomic E-state index is 12.0. The Hall–Kier alpha value is -1.70. The lowest BCUT2D eigenvalue weighted by Crippen LogP contribution is -2.40. The molecule has 19 heavy (non-hydrogen) atoms. The minimum Gasteiger partial charge on any atom is -0.468 e. The third-order valence-corrected chi connectivity index (χ3v) is 3.24. The molecule has 0 aromatic carbocycles. The normalized spacial score (nSPS) is 11.2. The summed E-state index contributed by atoms with van der Waals surface area (Å²) in [5.74, 6) is -1.19. The number of carbonyl (C=O) groups excluding carboxylic acids is 2. The van der Waals surface area contributed by atoms with Crippen LogP contribution in [0.3, 0.4) is 0 Å². The summed E-state index contributed by atoms with van der Waals surface area (Å²) in [5, 5.41) is 0.